The Morgan fingerprint density at radius 1 is 1.05 bits per heavy atom. The molecule has 1 aromatic rings. The third-order valence-corrected chi connectivity index (χ3v) is 3.29. The zero-order valence-corrected chi connectivity index (χ0v) is 12.9. The molecule has 1 aromatic carbocycles. The van der Waals surface area contributed by atoms with E-state index in [1.807, 2.05) is 0 Å². The molecule has 0 saturated carbocycles. The average molecular weight is 263 g/mol. The monoisotopic (exact) mass is 263 g/mol. The molecule has 0 aliphatic carbocycles. The van der Waals surface area contributed by atoms with Crippen LogP contribution in [0, 0.1) is 5.92 Å². The van der Waals surface area contributed by atoms with E-state index >= 15 is 0 Å². The van der Waals surface area contributed by atoms with Gasteiger partial charge in [0.1, 0.15) is 5.75 Å². The van der Waals surface area contributed by atoms with Gasteiger partial charge in [-0.15, -0.1) is 0 Å². The molecule has 1 N–H and O–H groups in total. The van der Waals surface area contributed by atoms with E-state index in [-0.39, 0.29) is 0 Å². The van der Waals surface area contributed by atoms with Crippen LogP contribution in [0.5, 0.6) is 5.75 Å². The molecule has 0 bridgehead atoms. The predicted octanol–water partition coefficient (Wildman–Crippen LogP) is 4.56. The lowest BCUT2D eigenvalue weighted by atomic mass is 9.96. The largest absolute Gasteiger partial charge is 0.494 e. The fourth-order valence-electron chi connectivity index (χ4n) is 2.14. The summed E-state index contributed by atoms with van der Waals surface area (Å²) < 4.78 is 5.70. The van der Waals surface area contributed by atoms with Gasteiger partial charge in [0.15, 0.2) is 0 Å². The molecule has 19 heavy (non-hydrogen) atoms. The Balaban J connectivity index is 2.61. The molecule has 0 heterocycles. The van der Waals surface area contributed by atoms with Gasteiger partial charge in [-0.25, -0.2) is 0 Å². The maximum Gasteiger partial charge on any atom is 0.119 e. The van der Waals surface area contributed by atoms with Gasteiger partial charge in [-0.05, 0) is 43.0 Å². The topological polar surface area (TPSA) is 21.3 Å². The summed E-state index contributed by atoms with van der Waals surface area (Å²) in [6.45, 7) is 10.8. The van der Waals surface area contributed by atoms with E-state index in [1.54, 1.807) is 0 Å². The van der Waals surface area contributed by atoms with E-state index in [4.69, 9.17) is 4.74 Å². The van der Waals surface area contributed by atoms with Gasteiger partial charge in [0.25, 0.3) is 0 Å². The highest BCUT2D eigenvalue weighted by Crippen LogP contribution is 2.24. The van der Waals surface area contributed by atoms with Crippen LogP contribution in [0.4, 0.5) is 0 Å². The van der Waals surface area contributed by atoms with E-state index in [2.05, 4.69) is 57.3 Å². The van der Waals surface area contributed by atoms with Gasteiger partial charge in [-0.2, -0.15) is 0 Å². The maximum absolute atomic E-state index is 5.70. The molecule has 108 valence electrons. The SMILES string of the molecule is CCCCOc1ccc(C(NCCC)C(C)C)cc1. The molecular weight excluding hydrogens is 234 g/mol. The number of benzene rings is 1. The smallest absolute Gasteiger partial charge is 0.119 e. The Hall–Kier alpha value is -1.02. The third-order valence-electron chi connectivity index (χ3n) is 3.29. The van der Waals surface area contributed by atoms with Gasteiger partial charge in [0, 0.05) is 6.04 Å². The summed E-state index contributed by atoms with van der Waals surface area (Å²) in [5, 5.41) is 3.62. The average Bonchev–Trinajstić information content (AvgIpc) is 2.41. The van der Waals surface area contributed by atoms with E-state index in [1.165, 1.54) is 18.4 Å². The highest BCUT2D eigenvalue weighted by Gasteiger charge is 2.14. The molecule has 0 amide bonds. The standard InChI is InChI=1S/C17H29NO/c1-5-7-13-19-16-10-8-15(9-11-16)17(14(3)4)18-12-6-2/h8-11,14,17-18H,5-7,12-13H2,1-4H3. The lowest BCUT2D eigenvalue weighted by Crippen LogP contribution is -2.26. The van der Waals surface area contributed by atoms with Crippen molar-refractivity contribution in [2.75, 3.05) is 13.2 Å². The maximum atomic E-state index is 5.70. The lowest BCUT2D eigenvalue weighted by Gasteiger charge is -2.23. The van der Waals surface area contributed by atoms with Crippen LogP contribution in [0.25, 0.3) is 0 Å². The van der Waals surface area contributed by atoms with Crippen LogP contribution in [0.1, 0.15) is 58.6 Å². The predicted molar refractivity (Wildman–Crippen MR) is 82.7 cm³/mol. The zero-order chi connectivity index (χ0) is 14.1. The molecule has 0 radical (unpaired) electrons. The van der Waals surface area contributed by atoms with E-state index in [9.17, 15) is 0 Å². The van der Waals surface area contributed by atoms with Crippen LogP contribution in [0.15, 0.2) is 24.3 Å². The molecule has 0 spiro atoms. The van der Waals surface area contributed by atoms with Crippen molar-refractivity contribution in [3.8, 4) is 5.75 Å². The number of rotatable bonds is 9. The minimum atomic E-state index is 0.435. The Morgan fingerprint density at radius 2 is 1.74 bits per heavy atom. The first kappa shape index (κ1) is 16.0. The van der Waals surface area contributed by atoms with Gasteiger partial charge >= 0.3 is 0 Å². The fourth-order valence-corrected chi connectivity index (χ4v) is 2.14. The Labute approximate surface area is 118 Å². The number of unbranched alkanes of at least 4 members (excludes halogenated alkanes) is 1. The van der Waals surface area contributed by atoms with Crippen molar-refractivity contribution in [1.82, 2.24) is 5.32 Å². The minimum Gasteiger partial charge on any atom is -0.494 e. The van der Waals surface area contributed by atoms with Crippen LogP contribution in [-0.4, -0.2) is 13.2 Å². The summed E-state index contributed by atoms with van der Waals surface area (Å²) in [5.74, 6) is 1.58. The van der Waals surface area contributed by atoms with Crippen LogP contribution >= 0.6 is 0 Å². The Kier molecular flexibility index (Phi) is 7.57. The van der Waals surface area contributed by atoms with Crippen molar-refractivity contribution >= 4 is 0 Å². The van der Waals surface area contributed by atoms with Crippen molar-refractivity contribution in [1.29, 1.82) is 0 Å². The van der Waals surface area contributed by atoms with Gasteiger partial charge in [-0.3, -0.25) is 0 Å². The second kappa shape index (κ2) is 8.98. The normalized spacial score (nSPS) is 12.7. The molecule has 1 rings (SSSR count). The summed E-state index contributed by atoms with van der Waals surface area (Å²) in [7, 11) is 0. The van der Waals surface area contributed by atoms with Crippen LogP contribution in [0.2, 0.25) is 0 Å². The summed E-state index contributed by atoms with van der Waals surface area (Å²) >= 11 is 0. The number of hydrogen-bond donors (Lipinski definition) is 1. The molecule has 1 unspecified atom stereocenters. The highest BCUT2D eigenvalue weighted by atomic mass is 16.5. The van der Waals surface area contributed by atoms with Crippen LogP contribution in [0.3, 0.4) is 0 Å². The third kappa shape index (κ3) is 5.65. The first-order valence-electron chi connectivity index (χ1n) is 7.65. The van der Waals surface area contributed by atoms with Crippen LogP contribution < -0.4 is 10.1 Å². The Morgan fingerprint density at radius 3 is 2.26 bits per heavy atom. The molecule has 0 aliphatic rings. The van der Waals surface area contributed by atoms with Crippen molar-refractivity contribution in [2.45, 2.75) is 53.0 Å². The molecular formula is C17H29NO. The lowest BCUT2D eigenvalue weighted by molar-refractivity contribution is 0.309. The van der Waals surface area contributed by atoms with E-state index < -0.39 is 0 Å². The molecule has 1 atom stereocenters. The summed E-state index contributed by atoms with van der Waals surface area (Å²) in [6, 6.07) is 9.00. The van der Waals surface area contributed by atoms with Gasteiger partial charge in [0.2, 0.25) is 0 Å². The molecule has 2 nitrogen and oxygen atoms in total. The first-order chi connectivity index (χ1) is 9.19. The quantitative estimate of drug-likeness (QED) is 0.659. The second-order valence-electron chi connectivity index (χ2n) is 5.45. The number of ether oxygens (including phenoxy) is 1. The van der Waals surface area contributed by atoms with Crippen molar-refractivity contribution in [3.05, 3.63) is 29.8 Å². The summed E-state index contributed by atoms with van der Waals surface area (Å²) in [5.41, 5.74) is 1.35. The summed E-state index contributed by atoms with van der Waals surface area (Å²) in [6.07, 6.45) is 3.46. The number of hydrogen-bond acceptors (Lipinski definition) is 2. The second-order valence-corrected chi connectivity index (χ2v) is 5.45. The molecule has 0 aromatic heterocycles. The van der Waals surface area contributed by atoms with E-state index in [0.717, 1.165) is 25.3 Å². The number of nitrogens with one attached hydrogen (secondary N) is 1. The Bertz CT molecular complexity index is 332. The van der Waals surface area contributed by atoms with Gasteiger partial charge in [0.05, 0.1) is 6.61 Å². The zero-order valence-electron chi connectivity index (χ0n) is 12.9. The fraction of sp³-hybridized carbons (Fsp3) is 0.647. The van der Waals surface area contributed by atoms with Crippen LogP contribution in [-0.2, 0) is 0 Å². The summed E-state index contributed by atoms with van der Waals surface area (Å²) in [4.78, 5) is 0. The molecule has 0 aliphatic heterocycles. The minimum absolute atomic E-state index is 0.435. The van der Waals surface area contributed by atoms with Gasteiger partial charge < -0.3 is 10.1 Å². The molecule has 0 fully saturated rings. The van der Waals surface area contributed by atoms with Crippen molar-refractivity contribution in [3.63, 3.8) is 0 Å². The van der Waals surface area contributed by atoms with Crippen molar-refractivity contribution in [2.24, 2.45) is 5.92 Å². The van der Waals surface area contributed by atoms with Crippen molar-refractivity contribution < 1.29 is 4.74 Å². The molecule has 0 saturated heterocycles. The first-order valence-corrected chi connectivity index (χ1v) is 7.65. The van der Waals surface area contributed by atoms with E-state index in [0.29, 0.717) is 12.0 Å². The molecule has 2 heteroatoms. The van der Waals surface area contributed by atoms with Gasteiger partial charge in [-0.1, -0.05) is 46.2 Å². The highest BCUT2D eigenvalue weighted by molar-refractivity contribution is 5.29.